The number of rotatable bonds is 5. The highest BCUT2D eigenvalue weighted by atomic mass is 35.5. The first-order valence-corrected chi connectivity index (χ1v) is 8.62. The molecule has 3 atom stereocenters. The number of hydrogen-bond acceptors (Lipinski definition) is 1. The molecule has 0 radical (unpaired) electrons. The van der Waals surface area contributed by atoms with E-state index in [1.807, 2.05) is 6.07 Å². The van der Waals surface area contributed by atoms with Crippen molar-refractivity contribution in [1.82, 2.24) is 5.32 Å². The van der Waals surface area contributed by atoms with Crippen LogP contribution in [0, 0.1) is 5.92 Å². The summed E-state index contributed by atoms with van der Waals surface area (Å²) in [4.78, 5) is 0. The van der Waals surface area contributed by atoms with Crippen LogP contribution in [0.4, 0.5) is 0 Å². The van der Waals surface area contributed by atoms with Gasteiger partial charge in [-0.3, -0.25) is 0 Å². The molecule has 20 heavy (non-hydrogen) atoms. The van der Waals surface area contributed by atoms with Gasteiger partial charge in [0.05, 0.1) is 0 Å². The topological polar surface area (TPSA) is 12.0 Å². The summed E-state index contributed by atoms with van der Waals surface area (Å²) in [7, 11) is 0. The van der Waals surface area contributed by atoms with E-state index in [1.54, 1.807) is 0 Å². The minimum absolute atomic E-state index is 0.442. The Morgan fingerprint density at radius 2 is 2.05 bits per heavy atom. The molecule has 1 fully saturated rings. The molecule has 1 nitrogen and oxygen atoms in total. The Labute approximate surface area is 129 Å². The van der Waals surface area contributed by atoms with Gasteiger partial charge in [-0.15, -0.1) is 0 Å². The molecular formula is C18H28ClN. The van der Waals surface area contributed by atoms with E-state index < -0.39 is 0 Å². The van der Waals surface area contributed by atoms with Crippen LogP contribution in [0.1, 0.15) is 70.4 Å². The largest absolute Gasteiger partial charge is 0.307 e. The maximum Gasteiger partial charge on any atom is 0.0409 e. The molecule has 0 aliphatic heterocycles. The molecule has 0 heterocycles. The number of halogens is 1. The highest BCUT2D eigenvalue weighted by molar-refractivity contribution is 6.30. The molecule has 2 rings (SSSR count). The average Bonchev–Trinajstić information content (AvgIpc) is 2.69. The summed E-state index contributed by atoms with van der Waals surface area (Å²) in [5, 5.41) is 4.72. The van der Waals surface area contributed by atoms with Crippen LogP contribution in [-0.4, -0.2) is 6.04 Å². The van der Waals surface area contributed by atoms with Crippen molar-refractivity contribution in [2.45, 2.75) is 70.9 Å². The zero-order valence-corrected chi connectivity index (χ0v) is 13.6. The number of nitrogens with one attached hydrogen (secondary N) is 1. The summed E-state index contributed by atoms with van der Waals surface area (Å²) in [5.41, 5.74) is 1.33. The van der Waals surface area contributed by atoms with E-state index in [2.05, 4.69) is 37.4 Å². The van der Waals surface area contributed by atoms with Crippen molar-refractivity contribution in [3.8, 4) is 0 Å². The summed E-state index contributed by atoms with van der Waals surface area (Å²) in [6.07, 6.45) is 9.31. The molecule has 0 bridgehead atoms. The lowest BCUT2D eigenvalue weighted by Crippen LogP contribution is -2.32. The van der Waals surface area contributed by atoms with Crippen LogP contribution in [0.25, 0.3) is 0 Å². The number of hydrogen-bond donors (Lipinski definition) is 1. The van der Waals surface area contributed by atoms with Crippen LogP contribution in [-0.2, 0) is 0 Å². The van der Waals surface area contributed by atoms with E-state index in [1.165, 1.54) is 44.1 Å². The van der Waals surface area contributed by atoms with Crippen LogP contribution in [0.2, 0.25) is 5.02 Å². The minimum Gasteiger partial charge on any atom is -0.307 e. The van der Waals surface area contributed by atoms with Crippen molar-refractivity contribution in [2.24, 2.45) is 5.92 Å². The van der Waals surface area contributed by atoms with E-state index in [9.17, 15) is 0 Å². The second-order valence-electron chi connectivity index (χ2n) is 6.16. The van der Waals surface area contributed by atoms with E-state index in [-0.39, 0.29) is 0 Å². The molecule has 112 valence electrons. The Bertz CT molecular complexity index is 404. The van der Waals surface area contributed by atoms with Gasteiger partial charge in [-0.1, -0.05) is 56.8 Å². The van der Waals surface area contributed by atoms with Gasteiger partial charge >= 0.3 is 0 Å². The van der Waals surface area contributed by atoms with Crippen molar-refractivity contribution >= 4 is 11.6 Å². The average molecular weight is 294 g/mol. The number of benzene rings is 1. The maximum atomic E-state index is 6.12. The summed E-state index contributed by atoms with van der Waals surface area (Å²) < 4.78 is 0. The summed E-state index contributed by atoms with van der Waals surface area (Å²) in [6.45, 7) is 4.59. The van der Waals surface area contributed by atoms with Crippen molar-refractivity contribution < 1.29 is 0 Å². The van der Waals surface area contributed by atoms with Gasteiger partial charge in [-0.25, -0.2) is 0 Å². The van der Waals surface area contributed by atoms with Crippen molar-refractivity contribution in [2.75, 3.05) is 0 Å². The Balaban J connectivity index is 1.96. The van der Waals surface area contributed by atoms with Crippen molar-refractivity contribution in [1.29, 1.82) is 0 Å². The van der Waals surface area contributed by atoms with Crippen LogP contribution in [0.3, 0.4) is 0 Å². The predicted octanol–water partition coefficient (Wildman–Crippen LogP) is 5.74. The maximum absolute atomic E-state index is 6.12. The smallest absolute Gasteiger partial charge is 0.0409 e. The van der Waals surface area contributed by atoms with E-state index in [0.29, 0.717) is 12.1 Å². The standard InChI is InChI=1S/C18H28ClN/c1-3-14-7-5-10-17(12-11-14)20-18(4-2)15-8-6-9-16(19)13-15/h6,8-9,13-14,17-18,20H,3-5,7,10-12H2,1-2H3. The summed E-state index contributed by atoms with van der Waals surface area (Å²) in [6, 6.07) is 9.43. The quantitative estimate of drug-likeness (QED) is 0.683. The fourth-order valence-corrected chi connectivity index (χ4v) is 3.61. The van der Waals surface area contributed by atoms with Crippen molar-refractivity contribution in [3.63, 3.8) is 0 Å². The molecule has 1 saturated carbocycles. The second kappa shape index (κ2) is 8.05. The van der Waals surface area contributed by atoms with E-state index >= 15 is 0 Å². The Morgan fingerprint density at radius 1 is 1.20 bits per heavy atom. The normalized spacial score (nSPS) is 25.1. The third kappa shape index (κ3) is 4.49. The summed E-state index contributed by atoms with van der Waals surface area (Å²) >= 11 is 6.12. The first-order chi connectivity index (χ1) is 9.72. The lowest BCUT2D eigenvalue weighted by Gasteiger charge is -2.25. The third-order valence-corrected chi connectivity index (χ3v) is 5.00. The van der Waals surface area contributed by atoms with Gasteiger partial charge in [0.1, 0.15) is 0 Å². The zero-order valence-electron chi connectivity index (χ0n) is 12.9. The lowest BCUT2D eigenvalue weighted by molar-refractivity contribution is 0.382. The van der Waals surface area contributed by atoms with Gasteiger partial charge in [-0.2, -0.15) is 0 Å². The van der Waals surface area contributed by atoms with E-state index in [0.717, 1.165) is 17.4 Å². The molecule has 0 spiro atoms. The van der Waals surface area contributed by atoms with Gasteiger partial charge in [0, 0.05) is 17.1 Å². The molecule has 0 amide bonds. The molecule has 0 aromatic heterocycles. The SMILES string of the molecule is CCC1CCCC(NC(CC)c2cccc(Cl)c2)CC1. The third-order valence-electron chi connectivity index (χ3n) is 4.76. The first kappa shape index (κ1) is 15.9. The van der Waals surface area contributed by atoms with Crippen LogP contribution in [0.5, 0.6) is 0 Å². The minimum atomic E-state index is 0.442. The molecule has 3 unspecified atom stereocenters. The molecule has 1 aromatic carbocycles. The molecule has 0 saturated heterocycles. The molecule has 1 N–H and O–H groups in total. The fraction of sp³-hybridized carbons (Fsp3) is 0.667. The van der Waals surface area contributed by atoms with Crippen molar-refractivity contribution in [3.05, 3.63) is 34.9 Å². The van der Waals surface area contributed by atoms with Gasteiger partial charge < -0.3 is 5.32 Å². The highest BCUT2D eigenvalue weighted by Gasteiger charge is 2.20. The summed E-state index contributed by atoms with van der Waals surface area (Å²) in [5.74, 6) is 0.952. The van der Waals surface area contributed by atoms with Gasteiger partial charge in [0.15, 0.2) is 0 Å². The highest BCUT2D eigenvalue weighted by Crippen LogP contribution is 2.28. The van der Waals surface area contributed by atoms with Crippen LogP contribution >= 0.6 is 11.6 Å². The molecule has 1 aliphatic rings. The Kier molecular flexibility index (Phi) is 6.38. The first-order valence-electron chi connectivity index (χ1n) is 8.24. The Morgan fingerprint density at radius 3 is 2.75 bits per heavy atom. The molecular weight excluding hydrogens is 266 g/mol. The van der Waals surface area contributed by atoms with Gasteiger partial charge in [0.2, 0.25) is 0 Å². The van der Waals surface area contributed by atoms with E-state index in [4.69, 9.17) is 11.6 Å². The lowest BCUT2D eigenvalue weighted by atomic mass is 9.97. The second-order valence-corrected chi connectivity index (χ2v) is 6.60. The molecule has 1 aliphatic carbocycles. The van der Waals surface area contributed by atoms with Crippen LogP contribution < -0.4 is 5.32 Å². The fourth-order valence-electron chi connectivity index (χ4n) is 3.41. The monoisotopic (exact) mass is 293 g/mol. The zero-order chi connectivity index (χ0) is 14.4. The Hall–Kier alpha value is -0.530. The van der Waals surface area contributed by atoms with Gasteiger partial charge in [0.25, 0.3) is 0 Å². The van der Waals surface area contributed by atoms with Gasteiger partial charge in [-0.05, 0) is 49.3 Å². The predicted molar refractivity (Wildman–Crippen MR) is 88.3 cm³/mol. The molecule has 1 aromatic rings. The van der Waals surface area contributed by atoms with Crippen LogP contribution in [0.15, 0.2) is 24.3 Å². The molecule has 2 heteroatoms.